The van der Waals surface area contributed by atoms with Crippen LogP contribution in [0, 0.1) is 5.82 Å². The van der Waals surface area contributed by atoms with Crippen molar-refractivity contribution < 1.29 is 22.3 Å². The monoisotopic (exact) mass is 442 g/mol. The Morgan fingerprint density at radius 3 is 2.31 bits per heavy atom. The summed E-state index contributed by atoms with van der Waals surface area (Å²) in [5, 5.41) is 12.5. The van der Waals surface area contributed by atoms with Crippen molar-refractivity contribution >= 4 is 0 Å². The Bertz CT molecular complexity index is 1170. The Morgan fingerprint density at radius 2 is 1.59 bits per heavy atom. The van der Waals surface area contributed by atoms with Gasteiger partial charge < -0.3 is 4.74 Å². The van der Waals surface area contributed by atoms with E-state index in [0.717, 1.165) is 28.8 Å². The van der Waals surface area contributed by atoms with Crippen LogP contribution < -0.4 is 4.74 Å². The average molecular weight is 442 g/mol. The van der Waals surface area contributed by atoms with Gasteiger partial charge in [0.05, 0.1) is 12.1 Å². The molecule has 0 amide bonds. The Balaban J connectivity index is 1.43. The third-order valence-corrected chi connectivity index (χ3v) is 4.76. The van der Waals surface area contributed by atoms with Crippen molar-refractivity contribution in [2.45, 2.75) is 19.1 Å². The van der Waals surface area contributed by atoms with E-state index in [0.29, 0.717) is 24.5 Å². The fourth-order valence-electron chi connectivity index (χ4n) is 3.15. The summed E-state index contributed by atoms with van der Waals surface area (Å²) in [4.78, 5) is 1.40. The number of hydrogen-bond donors (Lipinski definition) is 0. The standard InChI is InChI=1S/C23H18F4N4O/c24-19-9-11-20(12-10-19)32-14-13-31-29-22(28-30-31)21-4-2-1-3-17(21)15-16-5-7-18(8-6-16)23(25,26)27/h1-12H,13-15H2. The molecule has 0 saturated heterocycles. The molecule has 4 rings (SSSR count). The molecule has 9 heteroatoms. The summed E-state index contributed by atoms with van der Waals surface area (Å²) in [6.45, 7) is 0.611. The summed E-state index contributed by atoms with van der Waals surface area (Å²) in [5.74, 6) is 0.609. The molecule has 0 N–H and O–H groups in total. The van der Waals surface area contributed by atoms with Crippen LogP contribution in [0.5, 0.6) is 5.75 Å². The Kier molecular flexibility index (Phi) is 6.16. The first-order valence-electron chi connectivity index (χ1n) is 9.79. The third kappa shape index (κ3) is 5.29. The SMILES string of the molecule is Fc1ccc(OCCn2nnc(-c3ccccc3Cc3ccc(C(F)(F)F)cc3)n2)cc1. The van der Waals surface area contributed by atoms with Gasteiger partial charge in [0.1, 0.15) is 18.2 Å². The number of nitrogens with zero attached hydrogens (tertiary/aromatic N) is 4. The highest BCUT2D eigenvalue weighted by molar-refractivity contribution is 5.60. The normalized spacial score (nSPS) is 11.5. The molecule has 0 aliphatic rings. The van der Waals surface area contributed by atoms with Crippen LogP contribution in [0.25, 0.3) is 11.4 Å². The molecule has 1 aromatic heterocycles. The smallest absolute Gasteiger partial charge is 0.416 e. The molecule has 0 radical (unpaired) electrons. The van der Waals surface area contributed by atoms with E-state index in [2.05, 4.69) is 15.4 Å². The van der Waals surface area contributed by atoms with Gasteiger partial charge in [0.25, 0.3) is 0 Å². The van der Waals surface area contributed by atoms with E-state index in [1.807, 2.05) is 24.3 Å². The summed E-state index contributed by atoms with van der Waals surface area (Å²) in [5.41, 5.74) is 1.68. The molecule has 0 bridgehead atoms. The highest BCUT2D eigenvalue weighted by Crippen LogP contribution is 2.30. The molecule has 0 spiro atoms. The van der Waals surface area contributed by atoms with Crippen LogP contribution in [0.4, 0.5) is 17.6 Å². The van der Waals surface area contributed by atoms with Crippen LogP contribution in [-0.2, 0) is 19.1 Å². The van der Waals surface area contributed by atoms with E-state index >= 15 is 0 Å². The lowest BCUT2D eigenvalue weighted by Gasteiger charge is -2.09. The molecule has 3 aromatic carbocycles. The Hall–Kier alpha value is -3.75. The number of halogens is 4. The molecule has 0 aliphatic heterocycles. The minimum Gasteiger partial charge on any atom is -0.492 e. The second-order valence-corrected chi connectivity index (χ2v) is 7.04. The van der Waals surface area contributed by atoms with Gasteiger partial charge in [0, 0.05) is 5.56 Å². The molecular weight excluding hydrogens is 424 g/mol. The Morgan fingerprint density at radius 1 is 0.875 bits per heavy atom. The summed E-state index contributed by atoms with van der Waals surface area (Å²) < 4.78 is 56.8. The highest BCUT2D eigenvalue weighted by atomic mass is 19.4. The van der Waals surface area contributed by atoms with Gasteiger partial charge in [-0.15, -0.1) is 10.2 Å². The van der Waals surface area contributed by atoms with Crippen molar-refractivity contribution in [3.8, 4) is 17.1 Å². The van der Waals surface area contributed by atoms with Gasteiger partial charge in [-0.25, -0.2) is 4.39 Å². The quantitative estimate of drug-likeness (QED) is 0.371. The van der Waals surface area contributed by atoms with Gasteiger partial charge in [0.2, 0.25) is 5.82 Å². The zero-order valence-corrected chi connectivity index (χ0v) is 16.8. The summed E-state index contributed by atoms with van der Waals surface area (Å²) >= 11 is 0. The number of hydrogen-bond acceptors (Lipinski definition) is 4. The van der Waals surface area contributed by atoms with Crippen molar-refractivity contribution in [1.29, 1.82) is 0 Å². The fourth-order valence-corrected chi connectivity index (χ4v) is 3.15. The van der Waals surface area contributed by atoms with Gasteiger partial charge >= 0.3 is 6.18 Å². The zero-order valence-electron chi connectivity index (χ0n) is 16.8. The maximum absolute atomic E-state index is 12.9. The van der Waals surface area contributed by atoms with Crippen molar-refractivity contribution in [3.63, 3.8) is 0 Å². The van der Waals surface area contributed by atoms with Gasteiger partial charge in [-0.1, -0.05) is 36.4 Å². The van der Waals surface area contributed by atoms with Gasteiger partial charge in [-0.05, 0) is 59.2 Å². The van der Waals surface area contributed by atoms with Crippen LogP contribution in [0.1, 0.15) is 16.7 Å². The first-order valence-corrected chi connectivity index (χ1v) is 9.79. The van der Waals surface area contributed by atoms with Crippen LogP contribution >= 0.6 is 0 Å². The molecule has 1 heterocycles. The predicted molar refractivity (Wildman–Crippen MR) is 109 cm³/mol. The van der Waals surface area contributed by atoms with E-state index in [-0.39, 0.29) is 12.4 Å². The fraction of sp³-hybridized carbons (Fsp3) is 0.174. The molecule has 4 aromatic rings. The molecule has 0 aliphatic carbocycles. The van der Waals surface area contributed by atoms with E-state index in [9.17, 15) is 17.6 Å². The molecular formula is C23H18F4N4O. The van der Waals surface area contributed by atoms with Crippen molar-refractivity contribution in [2.75, 3.05) is 6.61 Å². The maximum Gasteiger partial charge on any atom is 0.416 e. The van der Waals surface area contributed by atoms with Crippen molar-refractivity contribution in [3.05, 3.63) is 95.3 Å². The third-order valence-electron chi connectivity index (χ3n) is 4.76. The van der Waals surface area contributed by atoms with Crippen LogP contribution in [0.2, 0.25) is 0 Å². The van der Waals surface area contributed by atoms with Crippen LogP contribution in [0.3, 0.4) is 0 Å². The van der Waals surface area contributed by atoms with Crippen molar-refractivity contribution in [2.24, 2.45) is 0 Å². The van der Waals surface area contributed by atoms with Crippen LogP contribution in [-0.4, -0.2) is 26.8 Å². The minimum atomic E-state index is -4.36. The number of ether oxygens (including phenoxy) is 1. The Labute approximate surface area is 181 Å². The second kappa shape index (κ2) is 9.17. The van der Waals surface area contributed by atoms with Gasteiger partial charge in [-0.2, -0.15) is 18.0 Å². The second-order valence-electron chi connectivity index (χ2n) is 7.04. The first kappa shape index (κ1) is 21.5. The predicted octanol–water partition coefficient (Wildman–Crippen LogP) is 5.17. The van der Waals surface area contributed by atoms with Crippen LogP contribution in [0.15, 0.2) is 72.8 Å². The van der Waals surface area contributed by atoms with E-state index in [1.165, 1.54) is 41.2 Å². The van der Waals surface area contributed by atoms with Crippen molar-refractivity contribution in [1.82, 2.24) is 20.2 Å². The molecule has 0 saturated carbocycles. The lowest BCUT2D eigenvalue weighted by Crippen LogP contribution is -2.11. The number of rotatable bonds is 7. The largest absolute Gasteiger partial charge is 0.492 e. The minimum absolute atomic E-state index is 0.272. The average Bonchev–Trinajstić information content (AvgIpc) is 3.24. The topological polar surface area (TPSA) is 52.8 Å². The zero-order chi connectivity index (χ0) is 22.6. The van der Waals surface area contributed by atoms with Gasteiger partial charge in [-0.3, -0.25) is 0 Å². The number of alkyl halides is 3. The molecule has 32 heavy (non-hydrogen) atoms. The number of benzene rings is 3. The highest BCUT2D eigenvalue weighted by Gasteiger charge is 2.29. The van der Waals surface area contributed by atoms with E-state index < -0.39 is 11.7 Å². The number of aromatic nitrogens is 4. The summed E-state index contributed by atoms with van der Waals surface area (Å²) in [7, 11) is 0. The molecule has 0 atom stereocenters. The molecule has 0 fully saturated rings. The van der Waals surface area contributed by atoms with E-state index in [4.69, 9.17) is 4.74 Å². The molecule has 0 unspecified atom stereocenters. The first-order chi connectivity index (χ1) is 15.4. The lowest BCUT2D eigenvalue weighted by molar-refractivity contribution is -0.137. The number of tetrazole rings is 1. The molecule has 5 nitrogen and oxygen atoms in total. The summed E-state index contributed by atoms with van der Waals surface area (Å²) in [6.07, 6.45) is -3.93. The summed E-state index contributed by atoms with van der Waals surface area (Å²) in [6, 6.07) is 18.2. The molecule has 164 valence electrons. The maximum atomic E-state index is 12.9. The van der Waals surface area contributed by atoms with Gasteiger partial charge in [0.15, 0.2) is 0 Å². The van der Waals surface area contributed by atoms with E-state index in [1.54, 1.807) is 0 Å². The lowest BCUT2D eigenvalue weighted by atomic mass is 9.98.